The Balaban J connectivity index is 1.64. The third kappa shape index (κ3) is 4.28. The number of aryl methyl sites for hydroxylation is 1. The summed E-state index contributed by atoms with van der Waals surface area (Å²) in [4.78, 5) is 12.8. The topological polar surface area (TPSA) is 68.2 Å². The number of rotatable bonds is 6. The summed E-state index contributed by atoms with van der Waals surface area (Å²) in [5, 5.41) is 3.50. The molecule has 6 heteroatoms. The van der Waals surface area contributed by atoms with E-state index in [1.54, 1.807) is 35.0 Å². The minimum absolute atomic E-state index is 0.0231. The molecule has 5 nitrogen and oxygen atoms in total. The third-order valence-corrected chi connectivity index (χ3v) is 6.61. The minimum Gasteiger partial charge on any atom is -0.337 e. The lowest BCUT2D eigenvalue weighted by molar-refractivity contribution is -0.116. The van der Waals surface area contributed by atoms with Crippen LogP contribution in [0.2, 0.25) is 0 Å². The fraction of sp³-hybridized carbons (Fsp3) is 0.125. The second kappa shape index (κ2) is 8.16. The largest absolute Gasteiger partial charge is 0.337 e. The summed E-state index contributed by atoms with van der Waals surface area (Å²) in [6.07, 6.45) is 1.57. The van der Waals surface area contributed by atoms with Crippen molar-refractivity contribution in [3.8, 4) is 0 Å². The fourth-order valence-electron chi connectivity index (χ4n) is 3.54. The summed E-state index contributed by atoms with van der Waals surface area (Å²) >= 11 is 0. The predicted octanol–water partition coefficient (Wildman–Crippen LogP) is 4.56. The number of benzene rings is 3. The predicted molar refractivity (Wildman–Crippen MR) is 119 cm³/mol. The first-order valence-electron chi connectivity index (χ1n) is 9.63. The summed E-state index contributed by atoms with van der Waals surface area (Å²) < 4.78 is 28.0. The van der Waals surface area contributed by atoms with Crippen LogP contribution in [0.3, 0.4) is 0 Å². The number of amides is 1. The summed E-state index contributed by atoms with van der Waals surface area (Å²) in [5.74, 6) is -0.300. The van der Waals surface area contributed by atoms with Crippen molar-refractivity contribution < 1.29 is 13.2 Å². The first-order valence-corrected chi connectivity index (χ1v) is 11.3. The summed E-state index contributed by atoms with van der Waals surface area (Å²) in [5.41, 5.74) is 3.21. The van der Waals surface area contributed by atoms with Crippen molar-refractivity contribution >= 4 is 32.3 Å². The van der Waals surface area contributed by atoms with Gasteiger partial charge in [-0.3, -0.25) is 4.79 Å². The molecule has 1 amide bonds. The zero-order valence-corrected chi connectivity index (χ0v) is 17.4. The van der Waals surface area contributed by atoms with E-state index < -0.39 is 9.84 Å². The lowest BCUT2D eigenvalue weighted by Gasteiger charge is -2.08. The highest BCUT2D eigenvalue weighted by atomic mass is 32.2. The molecule has 0 radical (unpaired) electrons. The molecule has 1 heterocycles. The number of aromatic nitrogens is 1. The average Bonchev–Trinajstić information content (AvgIpc) is 3.08. The maximum absolute atomic E-state index is 13.1. The van der Waals surface area contributed by atoms with Crippen molar-refractivity contribution in [3.63, 3.8) is 0 Å². The molecule has 4 aromatic rings. The number of nitrogens with one attached hydrogen (secondary N) is 1. The number of hydrogen-bond acceptors (Lipinski definition) is 3. The standard InChI is InChI=1S/C24H22N2O3S/c1-18-8-7-11-20(14-18)25-24(27)16-26-15-23(21-12-5-6-13-22(21)26)30(28,29)17-19-9-3-2-4-10-19/h2-15H,16-17H2,1H3,(H,25,27). The molecular weight excluding hydrogens is 396 g/mol. The molecule has 30 heavy (non-hydrogen) atoms. The van der Waals surface area contributed by atoms with Crippen LogP contribution in [0.1, 0.15) is 11.1 Å². The molecule has 0 saturated heterocycles. The van der Waals surface area contributed by atoms with Gasteiger partial charge in [0.05, 0.1) is 10.6 Å². The second-order valence-corrected chi connectivity index (χ2v) is 9.26. The number of hydrogen-bond donors (Lipinski definition) is 1. The van der Waals surface area contributed by atoms with Gasteiger partial charge < -0.3 is 9.88 Å². The molecule has 0 aliphatic heterocycles. The highest BCUT2D eigenvalue weighted by molar-refractivity contribution is 7.90. The Bertz CT molecular complexity index is 1310. The van der Waals surface area contributed by atoms with Crippen LogP contribution in [0.15, 0.2) is 90.0 Å². The van der Waals surface area contributed by atoms with E-state index in [4.69, 9.17) is 0 Å². The van der Waals surface area contributed by atoms with E-state index in [2.05, 4.69) is 5.32 Å². The molecule has 1 aromatic heterocycles. The maximum Gasteiger partial charge on any atom is 0.244 e. The van der Waals surface area contributed by atoms with E-state index >= 15 is 0 Å². The Kier molecular flexibility index (Phi) is 5.42. The maximum atomic E-state index is 13.1. The molecule has 0 fully saturated rings. The number of para-hydroxylation sites is 1. The SMILES string of the molecule is Cc1cccc(NC(=O)Cn2cc(S(=O)(=O)Cc3ccccc3)c3ccccc32)c1. The molecule has 0 saturated carbocycles. The highest BCUT2D eigenvalue weighted by Gasteiger charge is 2.22. The molecule has 0 bridgehead atoms. The van der Waals surface area contributed by atoms with Crippen LogP contribution in [0.4, 0.5) is 5.69 Å². The first kappa shape index (κ1) is 19.9. The second-order valence-electron chi connectivity index (χ2n) is 7.30. The van der Waals surface area contributed by atoms with E-state index in [1.165, 1.54) is 0 Å². The zero-order valence-electron chi connectivity index (χ0n) is 16.6. The fourth-order valence-corrected chi connectivity index (χ4v) is 5.12. The van der Waals surface area contributed by atoms with Gasteiger partial charge in [-0.15, -0.1) is 0 Å². The van der Waals surface area contributed by atoms with Crippen molar-refractivity contribution in [2.24, 2.45) is 0 Å². The van der Waals surface area contributed by atoms with Gasteiger partial charge in [-0.05, 0) is 36.2 Å². The van der Waals surface area contributed by atoms with E-state index in [0.29, 0.717) is 16.6 Å². The molecular formula is C24H22N2O3S. The van der Waals surface area contributed by atoms with E-state index in [-0.39, 0.29) is 23.1 Å². The molecule has 1 N–H and O–H groups in total. The van der Waals surface area contributed by atoms with Gasteiger partial charge >= 0.3 is 0 Å². The number of carbonyl (C=O) groups excluding carboxylic acids is 1. The molecule has 0 spiro atoms. The Morgan fingerprint density at radius 1 is 0.933 bits per heavy atom. The number of anilines is 1. The third-order valence-electron chi connectivity index (χ3n) is 4.90. The Morgan fingerprint density at radius 2 is 1.67 bits per heavy atom. The van der Waals surface area contributed by atoms with E-state index in [9.17, 15) is 13.2 Å². The van der Waals surface area contributed by atoms with Gasteiger partial charge in [0, 0.05) is 22.8 Å². The van der Waals surface area contributed by atoms with Crippen LogP contribution in [0.5, 0.6) is 0 Å². The van der Waals surface area contributed by atoms with Gasteiger partial charge in [-0.1, -0.05) is 60.7 Å². The number of carbonyl (C=O) groups is 1. The van der Waals surface area contributed by atoms with Crippen molar-refractivity contribution in [3.05, 3.63) is 96.2 Å². The molecule has 3 aromatic carbocycles. The monoisotopic (exact) mass is 418 g/mol. The van der Waals surface area contributed by atoms with Crippen molar-refractivity contribution in [2.45, 2.75) is 24.1 Å². The van der Waals surface area contributed by atoms with Crippen molar-refractivity contribution in [1.29, 1.82) is 0 Å². The lowest BCUT2D eigenvalue weighted by Crippen LogP contribution is -2.18. The Hall–Kier alpha value is -3.38. The molecule has 152 valence electrons. The van der Waals surface area contributed by atoms with Gasteiger partial charge in [0.1, 0.15) is 6.54 Å². The van der Waals surface area contributed by atoms with Crippen LogP contribution in [-0.2, 0) is 26.9 Å². The van der Waals surface area contributed by atoms with Crippen molar-refractivity contribution in [2.75, 3.05) is 5.32 Å². The van der Waals surface area contributed by atoms with Gasteiger partial charge in [0.2, 0.25) is 5.91 Å². The van der Waals surface area contributed by atoms with Gasteiger partial charge in [0.15, 0.2) is 9.84 Å². The van der Waals surface area contributed by atoms with E-state index in [0.717, 1.165) is 11.1 Å². The van der Waals surface area contributed by atoms with E-state index in [1.807, 2.05) is 61.5 Å². The highest BCUT2D eigenvalue weighted by Crippen LogP contribution is 2.28. The summed E-state index contributed by atoms with van der Waals surface area (Å²) in [6.45, 7) is 1.98. The van der Waals surface area contributed by atoms with Gasteiger partial charge in [-0.25, -0.2) is 8.42 Å². The average molecular weight is 419 g/mol. The zero-order chi connectivity index (χ0) is 21.1. The van der Waals surface area contributed by atoms with Crippen molar-refractivity contribution in [1.82, 2.24) is 4.57 Å². The van der Waals surface area contributed by atoms with Gasteiger partial charge in [0.25, 0.3) is 0 Å². The smallest absolute Gasteiger partial charge is 0.244 e. The number of sulfone groups is 1. The Morgan fingerprint density at radius 3 is 2.43 bits per heavy atom. The Labute approximate surface area is 175 Å². The summed E-state index contributed by atoms with van der Waals surface area (Å²) in [6, 6.07) is 23.9. The van der Waals surface area contributed by atoms with Gasteiger partial charge in [-0.2, -0.15) is 0 Å². The number of nitrogens with zero attached hydrogens (tertiary/aromatic N) is 1. The van der Waals surface area contributed by atoms with Crippen LogP contribution >= 0.6 is 0 Å². The van der Waals surface area contributed by atoms with Crippen LogP contribution < -0.4 is 5.32 Å². The molecule has 0 aliphatic carbocycles. The first-order chi connectivity index (χ1) is 14.4. The molecule has 0 aliphatic rings. The normalized spacial score (nSPS) is 11.5. The molecule has 0 unspecified atom stereocenters. The quantitative estimate of drug-likeness (QED) is 0.499. The molecule has 4 rings (SSSR count). The summed E-state index contributed by atoms with van der Waals surface area (Å²) in [7, 11) is -3.57. The van der Waals surface area contributed by atoms with Crippen LogP contribution in [-0.4, -0.2) is 18.9 Å². The van der Waals surface area contributed by atoms with Crippen LogP contribution in [0, 0.1) is 6.92 Å². The number of fused-ring (bicyclic) bond motifs is 1. The minimum atomic E-state index is -3.57. The molecule has 0 atom stereocenters. The van der Waals surface area contributed by atoms with Crippen LogP contribution in [0.25, 0.3) is 10.9 Å². The lowest BCUT2D eigenvalue weighted by atomic mass is 10.2.